The molecule has 0 spiro atoms. The summed E-state index contributed by atoms with van der Waals surface area (Å²) in [6, 6.07) is 1.87. The van der Waals surface area contributed by atoms with Gasteiger partial charge in [-0.05, 0) is 20.3 Å². The number of nitriles is 1. The van der Waals surface area contributed by atoms with E-state index in [1.807, 2.05) is 19.9 Å². The lowest BCUT2D eigenvalue weighted by Gasteiger charge is -2.30. The van der Waals surface area contributed by atoms with Crippen LogP contribution < -0.4 is 0 Å². The molecule has 2 amide bonds. The van der Waals surface area contributed by atoms with Crippen molar-refractivity contribution in [1.29, 1.82) is 5.26 Å². The van der Waals surface area contributed by atoms with Crippen LogP contribution in [-0.4, -0.2) is 53.1 Å². The minimum Gasteiger partial charge on any atom is -0.481 e. The third kappa shape index (κ3) is 6.09. The van der Waals surface area contributed by atoms with Gasteiger partial charge >= 0.3 is 12.0 Å². The van der Waals surface area contributed by atoms with Gasteiger partial charge in [0.25, 0.3) is 0 Å². The molecule has 1 N–H and O–H groups in total. The molecule has 0 aliphatic rings. The lowest BCUT2D eigenvalue weighted by atomic mass is 10.3. The maximum absolute atomic E-state index is 12.1. The number of rotatable bonds is 7. The molecule has 6 nitrogen and oxygen atoms in total. The van der Waals surface area contributed by atoms with Crippen molar-refractivity contribution in [1.82, 2.24) is 9.80 Å². The van der Waals surface area contributed by atoms with E-state index >= 15 is 0 Å². The molecule has 0 aromatic rings. The van der Waals surface area contributed by atoms with Crippen LogP contribution in [0.5, 0.6) is 0 Å². The summed E-state index contributed by atoms with van der Waals surface area (Å²) < 4.78 is 0. The van der Waals surface area contributed by atoms with Gasteiger partial charge in [0.1, 0.15) is 0 Å². The molecule has 0 saturated carbocycles. The molecular formula is C12H21N3O3. The molecule has 0 bridgehead atoms. The third-order valence-electron chi connectivity index (χ3n) is 2.54. The molecule has 0 aromatic heterocycles. The molecule has 0 aliphatic heterocycles. The fourth-order valence-electron chi connectivity index (χ4n) is 1.53. The van der Waals surface area contributed by atoms with E-state index in [4.69, 9.17) is 10.4 Å². The number of aliphatic carboxylic acids is 1. The van der Waals surface area contributed by atoms with Crippen LogP contribution in [0.1, 0.15) is 33.1 Å². The molecule has 0 saturated heterocycles. The number of amides is 2. The van der Waals surface area contributed by atoms with Gasteiger partial charge in [0, 0.05) is 32.6 Å². The van der Waals surface area contributed by atoms with E-state index in [1.54, 1.807) is 11.9 Å². The lowest BCUT2D eigenvalue weighted by Crippen LogP contribution is -2.45. The molecule has 0 unspecified atom stereocenters. The molecular weight excluding hydrogens is 234 g/mol. The summed E-state index contributed by atoms with van der Waals surface area (Å²) in [6.45, 7) is 4.58. The molecule has 102 valence electrons. The van der Waals surface area contributed by atoms with Crippen LogP contribution >= 0.6 is 0 Å². The van der Waals surface area contributed by atoms with Crippen LogP contribution in [0, 0.1) is 11.3 Å². The van der Waals surface area contributed by atoms with Crippen molar-refractivity contribution >= 4 is 12.0 Å². The van der Waals surface area contributed by atoms with Crippen LogP contribution in [0.4, 0.5) is 4.79 Å². The van der Waals surface area contributed by atoms with Gasteiger partial charge in [-0.25, -0.2) is 4.79 Å². The molecule has 0 aromatic carbocycles. The van der Waals surface area contributed by atoms with E-state index < -0.39 is 5.97 Å². The Morgan fingerprint density at radius 3 is 2.39 bits per heavy atom. The number of urea groups is 1. The topological polar surface area (TPSA) is 84.6 Å². The predicted molar refractivity (Wildman–Crippen MR) is 67.0 cm³/mol. The maximum atomic E-state index is 12.1. The molecule has 0 heterocycles. The fraction of sp³-hybridized carbons (Fsp3) is 0.750. The Morgan fingerprint density at radius 2 is 1.94 bits per heavy atom. The largest absolute Gasteiger partial charge is 0.481 e. The summed E-state index contributed by atoms with van der Waals surface area (Å²) in [5, 5.41) is 17.1. The second kappa shape index (κ2) is 8.34. The Bertz CT molecular complexity index is 323. The van der Waals surface area contributed by atoms with Crippen LogP contribution in [-0.2, 0) is 4.79 Å². The number of carbonyl (C=O) groups is 2. The van der Waals surface area contributed by atoms with Gasteiger partial charge in [0.15, 0.2) is 0 Å². The Hall–Kier alpha value is -1.77. The zero-order valence-electron chi connectivity index (χ0n) is 11.2. The van der Waals surface area contributed by atoms with Gasteiger partial charge in [-0.2, -0.15) is 5.26 Å². The monoisotopic (exact) mass is 255 g/mol. The Morgan fingerprint density at radius 1 is 1.33 bits per heavy atom. The zero-order valence-corrected chi connectivity index (χ0v) is 11.2. The van der Waals surface area contributed by atoms with Crippen LogP contribution in [0.2, 0.25) is 0 Å². The summed E-state index contributed by atoms with van der Waals surface area (Å²) in [6.07, 6.45) is 0.784. The Kier molecular flexibility index (Phi) is 7.52. The molecule has 0 radical (unpaired) electrons. The van der Waals surface area contributed by atoms with Crippen molar-refractivity contribution in [3.05, 3.63) is 0 Å². The van der Waals surface area contributed by atoms with Gasteiger partial charge in [-0.3, -0.25) is 4.79 Å². The van der Waals surface area contributed by atoms with E-state index in [-0.39, 0.29) is 18.5 Å². The molecule has 0 rings (SSSR count). The Labute approximate surface area is 108 Å². The molecule has 6 heteroatoms. The number of carboxylic acid groups (broad SMARTS) is 1. The minimum absolute atomic E-state index is 0.0211. The SMILES string of the molecule is CC(C)N(CCC#N)C(=O)N(C)CCCC(=O)O. The van der Waals surface area contributed by atoms with E-state index in [0.29, 0.717) is 25.9 Å². The summed E-state index contributed by atoms with van der Waals surface area (Å²) in [7, 11) is 1.64. The highest BCUT2D eigenvalue weighted by Crippen LogP contribution is 2.05. The average Bonchev–Trinajstić information content (AvgIpc) is 2.28. The van der Waals surface area contributed by atoms with Gasteiger partial charge in [-0.15, -0.1) is 0 Å². The zero-order chi connectivity index (χ0) is 14.1. The number of carbonyl (C=O) groups excluding carboxylic acids is 1. The predicted octanol–water partition coefficient (Wildman–Crippen LogP) is 1.53. The minimum atomic E-state index is -0.860. The fourth-order valence-corrected chi connectivity index (χ4v) is 1.53. The number of hydrogen-bond donors (Lipinski definition) is 1. The van der Waals surface area contributed by atoms with E-state index in [0.717, 1.165) is 0 Å². The first kappa shape index (κ1) is 16.2. The summed E-state index contributed by atoms with van der Waals surface area (Å²) in [4.78, 5) is 25.6. The van der Waals surface area contributed by atoms with E-state index in [9.17, 15) is 9.59 Å². The van der Waals surface area contributed by atoms with E-state index in [1.165, 1.54) is 4.90 Å². The van der Waals surface area contributed by atoms with Gasteiger partial charge in [-0.1, -0.05) is 0 Å². The first-order chi connectivity index (χ1) is 8.40. The van der Waals surface area contributed by atoms with E-state index in [2.05, 4.69) is 0 Å². The molecule has 0 fully saturated rings. The smallest absolute Gasteiger partial charge is 0.320 e. The molecule has 0 aliphatic carbocycles. The number of carboxylic acids is 1. The summed E-state index contributed by atoms with van der Waals surface area (Å²) in [5.41, 5.74) is 0. The highest BCUT2D eigenvalue weighted by Gasteiger charge is 2.20. The quantitative estimate of drug-likeness (QED) is 0.747. The third-order valence-corrected chi connectivity index (χ3v) is 2.54. The van der Waals surface area contributed by atoms with Gasteiger partial charge in [0.05, 0.1) is 12.5 Å². The first-order valence-corrected chi connectivity index (χ1v) is 6.00. The van der Waals surface area contributed by atoms with Crippen molar-refractivity contribution in [3.8, 4) is 6.07 Å². The van der Waals surface area contributed by atoms with Crippen molar-refractivity contribution in [2.45, 2.75) is 39.2 Å². The van der Waals surface area contributed by atoms with Crippen LogP contribution in [0.15, 0.2) is 0 Å². The lowest BCUT2D eigenvalue weighted by molar-refractivity contribution is -0.137. The Balaban J connectivity index is 4.29. The first-order valence-electron chi connectivity index (χ1n) is 6.00. The van der Waals surface area contributed by atoms with Gasteiger partial charge < -0.3 is 14.9 Å². The van der Waals surface area contributed by atoms with Crippen LogP contribution in [0.3, 0.4) is 0 Å². The maximum Gasteiger partial charge on any atom is 0.320 e. The normalized spacial score (nSPS) is 9.94. The highest BCUT2D eigenvalue weighted by atomic mass is 16.4. The van der Waals surface area contributed by atoms with Gasteiger partial charge in [0.2, 0.25) is 0 Å². The summed E-state index contributed by atoms with van der Waals surface area (Å²) >= 11 is 0. The number of hydrogen-bond acceptors (Lipinski definition) is 3. The average molecular weight is 255 g/mol. The molecule has 18 heavy (non-hydrogen) atoms. The second-order valence-electron chi connectivity index (χ2n) is 4.40. The van der Waals surface area contributed by atoms with Crippen molar-refractivity contribution in [2.75, 3.05) is 20.1 Å². The standard InChI is InChI=1S/C12H21N3O3/c1-10(2)15(9-5-7-13)12(18)14(3)8-4-6-11(16)17/h10H,4-6,8-9H2,1-3H3,(H,16,17). The van der Waals surface area contributed by atoms with Crippen molar-refractivity contribution in [2.24, 2.45) is 0 Å². The highest BCUT2D eigenvalue weighted by molar-refractivity contribution is 5.74. The van der Waals surface area contributed by atoms with Crippen molar-refractivity contribution < 1.29 is 14.7 Å². The van der Waals surface area contributed by atoms with Crippen molar-refractivity contribution in [3.63, 3.8) is 0 Å². The molecule has 0 atom stereocenters. The summed E-state index contributed by atoms with van der Waals surface area (Å²) in [5.74, 6) is -0.860. The number of nitrogens with zero attached hydrogens (tertiary/aromatic N) is 3. The second-order valence-corrected chi connectivity index (χ2v) is 4.40. The van der Waals surface area contributed by atoms with Crippen LogP contribution in [0.25, 0.3) is 0 Å².